The fraction of sp³-hybridized carbons (Fsp3) is 0.818. The molecule has 1 unspecified atom stereocenters. The van der Waals surface area contributed by atoms with E-state index in [1.807, 2.05) is 6.07 Å². The van der Waals surface area contributed by atoms with Gasteiger partial charge in [0, 0.05) is 12.6 Å². The molecular weight excluding hydrogens is 206 g/mol. The topological polar surface area (TPSA) is 65.4 Å². The molecule has 2 fully saturated rings. The molecule has 5 nitrogen and oxygen atoms in total. The smallest absolute Gasteiger partial charge is 0.317 e. The third-order valence-electron chi connectivity index (χ3n) is 3.18. The molecule has 1 saturated carbocycles. The predicted molar refractivity (Wildman–Crippen MR) is 57.7 cm³/mol. The van der Waals surface area contributed by atoms with Gasteiger partial charge >= 0.3 is 6.03 Å². The van der Waals surface area contributed by atoms with E-state index < -0.39 is 6.10 Å². The molecular formula is C11H17N3O2. The van der Waals surface area contributed by atoms with Crippen molar-refractivity contribution in [2.45, 2.75) is 37.8 Å². The molecule has 2 amide bonds. The molecule has 1 heterocycles. The average molecular weight is 223 g/mol. The lowest BCUT2D eigenvalue weighted by Gasteiger charge is -2.30. The number of hydrogen-bond donors (Lipinski definition) is 1. The Hall–Kier alpha value is -1.28. The molecule has 0 bridgehead atoms. The van der Waals surface area contributed by atoms with Crippen molar-refractivity contribution < 1.29 is 9.53 Å². The molecule has 0 spiro atoms. The summed E-state index contributed by atoms with van der Waals surface area (Å²) in [5, 5.41) is 11.8. The monoisotopic (exact) mass is 223 g/mol. The molecule has 1 N–H and O–H groups in total. The molecule has 0 aromatic rings. The van der Waals surface area contributed by atoms with Crippen LogP contribution in [0.1, 0.15) is 25.7 Å². The van der Waals surface area contributed by atoms with Crippen LogP contribution in [0.3, 0.4) is 0 Å². The summed E-state index contributed by atoms with van der Waals surface area (Å²) in [6.07, 6.45) is 4.10. The number of hydrogen-bond acceptors (Lipinski definition) is 3. The van der Waals surface area contributed by atoms with Crippen LogP contribution in [-0.2, 0) is 4.74 Å². The first-order chi connectivity index (χ1) is 7.79. The number of carbonyl (C=O) groups is 1. The van der Waals surface area contributed by atoms with Crippen LogP contribution in [0, 0.1) is 11.3 Å². The Balaban J connectivity index is 1.81. The number of rotatable bonds is 1. The number of urea groups is 1. The Morgan fingerprint density at radius 1 is 1.44 bits per heavy atom. The van der Waals surface area contributed by atoms with Gasteiger partial charge in [0.1, 0.15) is 0 Å². The minimum Gasteiger partial charge on any atom is -0.360 e. The number of ether oxygens (including phenoxy) is 1. The Bertz CT molecular complexity index is 294. The van der Waals surface area contributed by atoms with Gasteiger partial charge in [-0.15, -0.1) is 0 Å². The number of nitrogens with one attached hydrogen (secondary N) is 1. The molecule has 0 aromatic carbocycles. The standard InChI is InChI=1S/C11H17N3O2/c12-7-10-8-14(5-6-16-10)11(15)13-9-3-1-2-4-9/h9-10H,1-6,8H2,(H,13,15). The molecule has 0 radical (unpaired) electrons. The molecule has 16 heavy (non-hydrogen) atoms. The van der Waals surface area contributed by atoms with E-state index in [1.54, 1.807) is 4.90 Å². The van der Waals surface area contributed by atoms with Crippen molar-refractivity contribution in [3.05, 3.63) is 0 Å². The van der Waals surface area contributed by atoms with Crippen LogP contribution in [0.2, 0.25) is 0 Å². The highest BCUT2D eigenvalue weighted by atomic mass is 16.5. The Kier molecular flexibility index (Phi) is 3.62. The van der Waals surface area contributed by atoms with Gasteiger partial charge < -0.3 is 15.0 Å². The zero-order valence-electron chi connectivity index (χ0n) is 9.32. The van der Waals surface area contributed by atoms with Gasteiger partial charge in [-0.1, -0.05) is 12.8 Å². The highest BCUT2D eigenvalue weighted by Gasteiger charge is 2.26. The number of amides is 2. The summed E-state index contributed by atoms with van der Waals surface area (Å²) >= 11 is 0. The highest BCUT2D eigenvalue weighted by molar-refractivity contribution is 5.74. The van der Waals surface area contributed by atoms with Crippen LogP contribution in [0.25, 0.3) is 0 Å². The minimum absolute atomic E-state index is 0.0459. The molecule has 5 heteroatoms. The van der Waals surface area contributed by atoms with E-state index in [2.05, 4.69) is 5.32 Å². The Labute approximate surface area is 95.4 Å². The Morgan fingerprint density at radius 3 is 2.88 bits per heavy atom. The molecule has 2 rings (SSSR count). The molecule has 2 aliphatic rings. The molecule has 1 saturated heterocycles. The molecule has 1 aliphatic carbocycles. The van der Waals surface area contributed by atoms with Crippen molar-refractivity contribution in [1.29, 1.82) is 5.26 Å². The number of nitrogens with zero attached hydrogens (tertiary/aromatic N) is 2. The normalized spacial score (nSPS) is 26.4. The van der Waals surface area contributed by atoms with Gasteiger partial charge in [-0.05, 0) is 12.8 Å². The van der Waals surface area contributed by atoms with Gasteiger partial charge in [0.2, 0.25) is 0 Å². The fourth-order valence-corrected chi connectivity index (χ4v) is 2.25. The SMILES string of the molecule is N#CC1CN(C(=O)NC2CCCC2)CCO1. The lowest BCUT2D eigenvalue weighted by Crippen LogP contribution is -2.51. The summed E-state index contributed by atoms with van der Waals surface area (Å²) in [4.78, 5) is 13.5. The van der Waals surface area contributed by atoms with Crippen LogP contribution in [0.15, 0.2) is 0 Å². The summed E-state index contributed by atoms with van der Waals surface area (Å²) in [6, 6.07) is 2.32. The maximum atomic E-state index is 11.9. The first-order valence-electron chi connectivity index (χ1n) is 5.86. The van der Waals surface area contributed by atoms with Crippen LogP contribution < -0.4 is 5.32 Å². The van der Waals surface area contributed by atoms with E-state index >= 15 is 0 Å². The molecule has 1 atom stereocenters. The van der Waals surface area contributed by atoms with Gasteiger partial charge in [0.15, 0.2) is 6.10 Å². The summed E-state index contributed by atoms with van der Waals surface area (Å²) < 4.78 is 5.19. The Morgan fingerprint density at radius 2 is 2.19 bits per heavy atom. The van der Waals surface area contributed by atoms with E-state index in [1.165, 1.54) is 12.8 Å². The van der Waals surface area contributed by atoms with Crippen molar-refractivity contribution in [3.8, 4) is 6.07 Å². The summed E-state index contributed by atoms with van der Waals surface area (Å²) in [5.74, 6) is 0. The van der Waals surface area contributed by atoms with Crippen molar-refractivity contribution in [1.82, 2.24) is 10.2 Å². The van der Waals surface area contributed by atoms with Crippen molar-refractivity contribution in [3.63, 3.8) is 0 Å². The van der Waals surface area contributed by atoms with Gasteiger partial charge in [-0.3, -0.25) is 0 Å². The second-order valence-corrected chi connectivity index (χ2v) is 4.37. The average Bonchev–Trinajstić information content (AvgIpc) is 2.82. The minimum atomic E-state index is -0.469. The van der Waals surface area contributed by atoms with Gasteiger partial charge in [0.05, 0.1) is 19.2 Å². The van der Waals surface area contributed by atoms with Crippen molar-refractivity contribution in [2.75, 3.05) is 19.7 Å². The number of morpholine rings is 1. The second-order valence-electron chi connectivity index (χ2n) is 4.37. The summed E-state index contributed by atoms with van der Waals surface area (Å²) in [6.45, 7) is 1.42. The highest BCUT2D eigenvalue weighted by Crippen LogP contribution is 2.18. The first kappa shape index (κ1) is 11.2. The zero-order chi connectivity index (χ0) is 11.4. The zero-order valence-corrected chi connectivity index (χ0v) is 9.32. The van der Waals surface area contributed by atoms with Crippen LogP contribution in [-0.4, -0.2) is 42.8 Å². The lowest BCUT2D eigenvalue weighted by molar-refractivity contribution is 0.0153. The molecule has 1 aliphatic heterocycles. The van der Waals surface area contributed by atoms with Gasteiger partial charge in [0.25, 0.3) is 0 Å². The number of carbonyl (C=O) groups excluding carboxylic acids is 1. The third kappa shape index (κ3) is 2.64. The lowest BCUT2D eigenvalue weighted by atomic mass is 10.2. The molecule has 88 valence electrons. The van der Waals surface area contributed by atoms with Crippen LogP contribution in [0.4, 0.5) is 4.79 Å². The number of nitriles is 1. The van der Waals surface area contributed by atoms with E-state index in [9.17, 15) is 4.79 Å². The largest absolute Gasteiger partial charge is 0.360 e. The summed E-state index contributed by atoms with van der Waals surface area (Å²) in [7, 11) is 0. The van der Waals surface area contributed by atoms with Crippen LogP contribution >= 0.6 is 0 Å². The van der Waals surface area contributed by atoms with Crippen LogP contribution in [0.5, 0.6) is 0 Å². The second kappa shape index (κ2) is 5.17. The predicted octanol–water partition coefficient (Wildman–Crippen LogP) is 0.863. The van der Waals surface area contributed by atoms with E-state index in [4.69, 9.17) is 10.00 Å². The first-order valence-corrected chi connectivity index (χ1v) is 5.86. The molecule has 0 aromatic heterocycles. The maximum Gasteiger partial charge on any atom is 0.317 e. The van der Waals surface area contributed by atoms with E-state index in [-0.39, 0.29) is 6.03 Å². The van der Waals surface area contributed by atoms with Crippen molar-refractivity contribution in [2.24, 2.45) is 0 Å². The fourth-order valence-electron chi connectivity index (χ4n) is 2.25. The van der Waals surface area contributed by atoms with E-state index in [0.29, 0.717) is 25.7 Å². The third-order valence-corrected chi connectivity index (χ3v) is 3.18. The summed E-state index contributed by atoms with van der Waals surface area (Å²) in [5.41, 5.74) is 0. The van der Waals surface area contributed by atoms with Crippen molar-refractivity contribution >= 4 is 6.03 Å². The maximum absolute atomic E-state index is 11.9. The van der Waals surface area contributed by atoms with E-state index in [0.717, 1.165) is 12.8 Å². The van der Waals surface area contributed by atoms with Gasteiger partial charge in [-0.2, -0.15) is 5.26 Å². The van der Waals surface area contributed by atoms with Gasteiger partial charge in [-0.25, -0.2) is 4.79 Å². The quantitative estimate of drug-likeness (QED) is 0.717.